The van der Waals surface area contributed by atoms with E-state index in [2.05, 4.69) is 10.2 Å². The summed E-state index contributed by atoms with van der Waals surface area (Å²) in [6.07, 6.45) is 1.58. The number of benzene rings is 1. The number of carbonyl (C=O) groups excluding carboxylic acids is 1. The molecule has 2 heterocycles. The number of anilines is 1. The van der Waals surface area contributed by atoms with Crippen molar-refractivity contribution in [3.05, 3.63) is 24.3 Å². The highest BCUT2D eigenvalue weighted by molar-refractivity contribution is 7.80. The molecule has 1 N–H and O–H groups in total. The Balaban J connectivity index is 1.52. The van der Waals surface area contributed by atoms with Crippen molar-refractivity contribution in [2.45, 2.75) is 18.9 Å². The first-order chi connectivity index (χ1) is 11.7. The van der Waals surface area contributed by atoms with Crippen LogP contribution in [0.1, 0.15) is 12.8 Å². The molecule has 0 unspecified atom stereocenters. The van der Waals surface area contributed by atoms with Crippen LogP contribution in [0.2, 0.25) is 0 Å². The van der Waals surface area contributed by atoms with Crippen LogP contribution in [0.15, 0.2) is 24.3 Å². The lowest BCUT2D eigenvalue weighted by atomic mass is 10.2. The minimum Gasteiger partial charge on any atom is -0.495 e. The fourth-order valence-electron chi connectivity index (χ4n) is 3.05. The molecule has 7 heteroatoms. The normalized spacial score (nSPS) is 20.8. The predicted octanol–water partition coefficient (Wildman–Crippen LogP) is 1.72. The van der Waals surface area contributed by atoms with Crippen LogP contribution in [0.4, 0.5) is 5.69 Å². The monoisotopic (exact) mass is 349 g/mol. The molecule has 2 aliphatic rings. The van der Waals surface area contributed by atoms with E-state index in [1.54, 1.807) is 7.11 Å². The van der Waals surface area contributed by atoms with Crippen molar-refractivity contribution in [3.8, 4) is 5.75 Å². The highest BCUT2D eigenvalue weighted by Gasteiger charge is 2.30. The van der Waals surface area contributed by atoms with Gasteiger partial charge in [-0.1, -0.05) is 12.1 Å². The Labute approximate surface area is 147 Å². The summed E-state index contributed by atoms with van der Waals surface area (Å²) in [4.78, 5) is 16.3. The van der Waals surface area contributed by atoms with Gasteiger partial charge < -0.3 is 24.6 Å². The third-order valence-electron chi connectivity index (χ3n) is 4.43. The Morgan fingerprint density at radius 1 is 1.25 bits per heavy atom. The highest BCUT2D eigenvalue weighted by Crippen LogP contribution is 2.23. The molecule has 0 aliphatic carbocycles. The molecule has 130 valence electrons. The molecule has 2 fully saturated rings. The standard InChI is InChI=1S/C17H23N3O3S/c1-22-14-6-3-2-5-13(14)18-17(24)20-10-8-19(9-11-20)16(21)15-7-4-12-23-15/h2-3,5-6,15H,4,7-12H2,1H3,(H,18,24)/t15-/m1/s1. The number of amides is 1. The van der Waals surface area contributed by atoms with Gasteiger partial charge in [0.05, 0.1) is 12.8 Å². The largest absolute Gasteiger partial charge is 0.495 e. The molecular weight excluding hydrogens is 326 g/mol. The first-order valence-corrected chi connectivity index (χ1v) is 8.69. The number of nitrogens with zero attached hydrogens (tertiary/aromatic N) is 2. The van der Waals surface area contributed by atoms with Crippen LogP contribution in [0, 0.1) is 0 Å². The summed E-state index contributed by atoms with van der Waals surface area (Å²) in [5.74, 6) is 0.878. The van der Waals surface area contributed by atoms with Crippen molar-refractivity contribution >= 4 is 28.9 Å². The van der Waals surface area contributed by atoms with Crippen LogP contribution in [0.25, 0.3) is 0 Å². The third-order valence-corrected chi connectivity index (χ3v) is 4.79. The number of nitrogens with one attached hydrogen (secondary N) is 1. The van der Waals surface area contributed by atoms with Gasteiger partial charge in [0.1, 0.15) is 11.9 Å². The van der Waals surface area contributed by atoms with Crippen molar-refractivity contribution < 1.29 is 14.3 Å². The van der Waals surface area contributed by atoms with E-state index in [1.165, 1.54) is 0 Å². The molecule has 24 heavy (non-hydrogen) atoms. The molecule has 0 spiro atoms. The van der Waals surface area contributed by atoms with Gasteiger partial charge in [0, 0.05) is 32.8 Å². The Bertz CT molecular complexity index is 596. The molecule has 1 aromatic rings. The lowest BCUT2D eigenvalue weighted by Crippen LogP contribution is -2.53. The fourth-order valence-corrected chi connectivity index (χ4v) is 3.34. The average molecular weight is 349 g/mol. The molecule has 1 amide bonds. The molecule has 2 aliphatic heterocycles. The number of para-hydroxylation sites is 2. The minimum absolute atomic E-state index is 0.121. The maximum absolute atomic E-state index is 12.4. The number of carbonyl (C=O) groups is 1. The SMILES string of the molecule is COc1ccccc1NC(=S)N1CCN(C(=O)[C@H]2CCCO2)CC1. The summed E-state index contributed by atoms with van der Waals surface area (Å²) in [6, 6.07) is 7.68. The van der Waals surface area contributed by atoms with Crippen molar-refractivity contribution in [1.82, 2.24) is 9.80 Å². The van der Waals surface area contributed by atoms with Gasteiger partial charge in [0.25, 0.3) is 5.91 Å². The number of piperazine rings is 1. The molecule has 6 nitrogen and oxygen atoms in total. The smallest absolute Gasteiger partial charge is 0.251 e. The number of hydrogen-bond acceptors (Lipinski definition) is 4. The van der Waals surface area contributed by atoms with E-state index in [4.69, 9.17) is 21.7 Å². The van der Waals surface area contributed by atoms with Crippen molar-refractivity contribution in [3.63, 3.8) is 0 Å². The van der Waals surface area contributed by atoms with Gasteiger partial charge in [0.2, 0.25) is 0 Å². The van der Waals surface area contributed by atoms with E-state index < -0.39 is 0 Å². The predicted molar refractivity (Wildman–Crippen MR) is 96.3 cm³/mol. The Hall–Kier alpha value is -1.86. The van der Waals surface area contributed by atoms with Crippen molar-refractivity contribution in [1.29, 1.82) is 0 Å². The van der Waals surface area contributed by atoms with E-state index in [-0.39, 0.29) is 12.0 Å². The average Bonchev–Trinajstić information content (AvgIpc) is 3.16. The first kappa shape index (κ1) is 17.0. The molecular formula is C17H23N3O3S. The van der Waals surface area contributed by atoms with Gasteiger partial charge in [-0.15, -0.1) is 0 Å². The first-order valence-electron chi connectivity index (χ1n) is 8.28. The summed E-state index contributed by atoms with van der Waals surface area (Å²) in [6.45, 7) is 3.49. The Morgan fingerprint density at radius 2 is 1.96 bits per heavy atom. The number of ether oxygens (including phenoxy) is 2. The summed E-state index contributed by atoms with van der Waals surface area (Å²) in [7, 11) is 1.64. The van der Waals surface area contributed by atoms with Gasteiger partial charge >= 0.3 is 0 Å². The second kappa shape index (κ2) is 7.81. The second-order valence-corrected chi connectivity index (χ2v) is 6.33. The van der Waals surface area contributed by atoms with E-state index in [0.717, 1.165) is 37.4 Å². The third kappa shape index (κ3) is 3.79. The maximum atomic E-state index is 12.4. The highest BCUT2D eigenvalue weighted by atomic mass is 32.1. The summed E-state index contributed by atoms with van der Waals surface area (Å²) >= 11 is 5.51. The van der Waals surface area contributed by atoms with Gasteiger partial charge in [-0.2, -0.15) is 0 Å². The Kier molecular flexibility index (Phi) is 5.52. The van der Waals surface area contributed by atoms with Crippen LogP contribution in [-0.4, -0.2) is 66.8 Å². The van der Waals surface area contributed by atoms with E-state index in [9.17, 15) is 4.79 Å². The number of thiocarbonyl (C=S) groups is 1. The molecule has 3 rings (SSSR count). The van der Waals surface area contributed by atoms with Gasteiger partial charge in [-0.3, -0.25) is 4.79 Å². The molecule has 0 bridgehead atoms. The zero-order valence-corrected chi connectivity index (χ0v) is 14.7. The number of rotatable bonds is 3. The van der Waals surface area contributed by atoms with Gasteiger partial charge in [-0.25, -0.2) is 0 Å². The van der Waals surface area contributed by atoms with Crippen LogP contribution in [0.5, 0.6) is 5.75 Å². The zero-order valence-electron chi connectivity index (χ0n) is 13.9. The minimum atomic E-state index is -0.241. The van der Waals surface area contributed by atoms with Gasteiger partial charge in [-0.05, 0) is 37.2 Å². The summed E-state index contributed by atoms with van der Waals surface area (Å²) < 4.78 is 10.8. The Morgan fingerprint density at radius 3 is 2.62 bits per heavy atom. The lowest BCUT2D eigenvalue weighted by Gasteiger charge is -2.37. The molecule has 0 aromatic heterocycles. The van der Waals surface area contributed by atoms with Gasteiger partial charge in [0.15, 0.2) is 5.11 Å². The number of methoxy groups -OCH3 is 1. The fraction of sp³-hybridized carbons (Fsp3) is 0.529. The van der Waals surface area contributed by atoms with E-state index in [0.29, 0.717) is 24.8 Å². The van der Waals surface area contributed by atoms with Crippen LogP contribution in [-0.2, 0) is 9.53 Å². The lowest BCUT2D eigenvalue weighted by molar-refractivity contribution is -0.142. The summed E-state index contributed by atoms with van der Waals surface area (Å²) in [5, 5.41) is 3.89. The summed E-state index contributed by atoms with van der Waals surface area (Å²) in [5.41, 5.74) is 0.850. The number of hydrogen-bond donors (Lipinski definition) is 1. The molecule has 1 atom stereocenters. The molecule has 2 saturated heterocycles. The van der Waals surface area contributed by atoms with E-state index >= 15 is 0 Å². The van der Waals surface area contributed by atoms with Crippen molar-refractivity contribution in [2.24, 2.45) is 0 Å². The van der Waals surface area contributed by atoms with E-state index in [1.807, 2.05) is 29.2 Å². The van der Waals surface area contributed by atoms with Crippen molar-refractivity contribution in [2.75, 3.05) is 45.2 Å². The molecule has 1 aromatic carbocycles. The quantitative estimate of drug-likeness (QED) is 0.839. The van der Waals surface area contributed by atoms with Crippen LogP contribution in [0.3, 0.4) is 0 Å². The maximum Gasteiger partial charge on any atom is 0.251 e. The zero-order chi connectivity index (χ0) is 16.9. The van der Waals surface area contributed by atoms with Crippen LogP contribution < -0.4 is 10.1 Å². The second-order valence-electron chi connectivity index (χ2n) is 5.94. The molecule has 0 radical (unpaired) electrons. The van der Waals surface area contributed by atoms with Crippen LogP contribution >= 0.6 is 12.2 Å². The molecule has 0 saturated carbocycles. The topological polar surface area (TPSA) is 54.0 Å².